The van der Waals surface area contributed by atoms with Gasteiger partial charge in [-0.2, -0.15) is 5.01 Å². The molecule has 0 radical (unpaired) electrons. The Morgan fingerprint density at radius 3 is 2.31 bits per heavy atom. The summed E-state index contributed by atoms with van der Waals surface area (Å²) in [6.45, 7) is 1.93. The maximum Gasteiger partial charge on any atom is 0.335 e. The summed E-state index contributed by atoms with van der Waals surface area (Å²) in [6.07, 6.45) is 2.13. The molecule has 4 aliphatic rings. The maximum atomic E-state index is 15.3. The highest BCUT2D eigenvalue weighted by atomic mass is 16.5. The molecule has 2 heterocycles. The minimum absolute atomic E-state index is 0.0677. The summed E-state index contributed by atoms with van der Waals surface area (Å²) in [5.74, 6) is -7.46. The van der Waals surface area contributed by atoms with Crippen LogP contribution in [0, 0.1) is 30.6 Å². The van der Waals surface area contributed by atoms with Crippen molar-refractivity contribution < 1.29 is 38.9 Å². The number of methoxy groups -OCH3 is 1. The number of hydrazine groups is 1. The van der Waals surface area contributed by atoms with Crippen LogP contribution in [0.3, 0.4) is 0 Å². The molecule has 6 atom stereocenters. The van der Waals surface area contributed by atoms with Gasteiger partial charge in [0, 0.05) is 11.5 Å². The number of benzene rings is 4. The zero-order valence-corrected chi connectivity index (χ0v) is 28.4. The average molecular weight is 698 g/mol. The zero-order chi connectivity index (χ0) is 36.5. The molecule has 4 aromatic rings. The number of carboxylic acid groups (broad SMARTS) is 1. The second kappa shape index (κ2) is 12.2. The van der Waals surface area contributed by atoms with Crippen molar-refractivity contribution in [1.82, 2.24) is 5.01 Å². The van der Waals surface area contributed by atoms with E-state index < -0.39 is 64.6 Å². The number of carboxylic acids is 1. The van der Waals surface area contributed by atoms with Crippen molar-refractivity contribution in [2.45, 2.75) is 31.1 Å². The number of nitrogens with one attached hydrogen (secondary N) is 1. The Labute approximate surface area is 299 Å². The van der Waals surface area contributed by atoms with Crippen LogP contribution < -0.4 is 15.1 Å². The topological polar surface area (TPSA) is 154 Å². The average Bonchev–Trinajstić information content (AvgIpc) is 3.54. The van der Waals surface area contributed by atoms with Gasteiger partial charge >= 0.3 is 5.97 Å². The van der Waals surface area contributed by atoms with Crippen LogP contribution in [-0.2, 0) is 24.6 Å². The van der Waals surface area contributed by atoms with Crippen molar-refractivity contribution in [2.24, 2.45) is 23.7 Å². The second-order valence-electron chi connectivity index (χ2n) is 13.9. The molecule has 4 amide bonds. The van der Waals surface area contributed by atoms with Crippen LogP contribution in [0.15, 0.2) is 109 Å². The first-order valence-corrected chi connectivity index (χ1v) is 17.1. The third kappa shape index (κ3) is 4.68. The summed E-state index contributed by atoms with van der Waals surface area (Å²) >= 11 is 0. The standard InChI is InChI=1S/C41H35N3O8/c1-22-14-16-25(17-15-22)42-44-37(47)31-21-30-27(18-19-28-33(30)38(48)43(36(28)46)26-11-6-8-23(20-26)39(49)50)34(29-12-7-13-32(52-2)35(29)45)41(31,40(44)51)24-9-4-3-5-10-24/h3-18,20,28,30-31,33-34,42,45H,19,21H2,1-2H3,(H,49,50). The Morgan fingerprint density at radius 1 is 0.865 bits per heavy atom. The van der Waals surface area contributed by atoms with Gasteiger partial charge in [-0.1, -0.05) is 77.9 Å². The van der Waals surface area contributed by atoms with Gasteiger partial charge in [0.1, 0.15) is 0 Å². The van der Waals surface area contributed by atoms with E-state index >= 15 is 4.79 Å². The number of aromatic hydroxyl groups is 1. The van der Waals surface area contributed by atoms with Crippen molar-refractivity contribution in [2.75, 3.05) is 17.4 Å². The van der Waals surface area contributed by atoms with Crippen molar-refractivity contribution >= 4 is 41.0 Å². The molecule has 6 unspecified atom stereocenters. The number of allylic oxidation sites excluding steroid dienone is 2. The fourth-order valence-corrected chi connectivity index (χ4v) is 9.06. The molecule has 11 nitrogen and oxygen atoms in total. The fourth-order valence-electron chi connectivity index (χ4n) is 9.06. The molecule has 3 N–H and O–H groups in total. The van der Waals surface area contributed by atoms with E-state index in [0.717, 1.165) is 15.5 Å². The van der Waals surface area contributed by atoms with Gasteiger partial charge in [-0.05, 0) is 67.6 Å². The Kier molecular flexibility index (Phi) is 7.74. The number of anilines is 2. The molecule has 0 aromatic heterocycles. The molecule has 2 aliphatic carbocycles. The third-order valence-corrected chi connectivity index (χ3v) is 11.3. The lowest BCUT2D eigenvalue weighted by Gasteiger charge is -2.50. The highest BCUT2D eigenvalue weighted by Crippen LogP contribution is 2.65. The van der Waals surface area contributed by atoms with Crippen LogP contribution in [0.25, 0.3) is 0 Å². The van der Waals surface area contributed by atoms with Crippen LogP contribution >= 0.6 is 0 Å². The number of hydrogen-bond donors (Lipinski definition) is 3. The molecular formula is C41H35N3O8. The molecule has 0 spiro atoms. The van der Waals surface area contributed by atoms with E-state index in [0.29, 0.717) is 22.4 Å². The Morgan fingerprint density at radius 2 is 1.60 bits per heavy atom. The fraction of sp³-hybridized carbons (Fsp3) is 0.244. The number of para-hydroxylation sites is 1. The van der Waals surface area contributed by atoms with Crippen molar-refractivity contribution in [3.63, 3.8) is 0 Å². The quantitative estimate of drug-likeness (QED) is 0.166. The molecule has 2 aliphatic heterocycles. The summed E-state index contributed by atoms with van der Waals surface area (Å²) in [4.78, 5) is 71.4. The summed E-state index contributed by atoms with van der Waals surface area (Å²) in [6, 6.07) is 27.1. The van der Waals surface area contributed by atoms with E-state index in [9.17, 15) is 29.4 Å². The van der Waals surface area contributed by atoms with Gasteiger partial charge in [0.2, 0.25) is 11.8 Å². The molecule has 11 heteroatoms. The van der Waals surface area contributed by atoms with E-state index in [1.807, 2.05) is 43.3 Å². The molecule has 1 saturated carbocycles. The maximum absolute atomic E-state index is 15.3. The second-order valence-corrected chi connectivity index (χ2v) is 13.9. The van der Waals surface area contributed by atoms with Crippen molar-refractivity contribution in [3.05, 3.63) is 131 Å². The van der Waals surface area contributed by atoms with E-state index in [2.05, 4.69) is 5.43 Å². The number of rotatable bonds is 7. The predicted octanol–water partition coefficient (Wildman–Crippen LogP) is 5.60. The number of hydrogen-bond acceptors (Lipinski definition) is 8. The number of ether oxygens (including phenoxy) is 1. The largest absolute Gasteiger partial charge is 0.504 e. The van der Waals surface area contributed by atoms with Crippen LogP contribution in [-0.4, -0.2) is 51.9 Å². The normalized spacial score (nSPS) is 26.4. The first kappa shape index (κ1) is 32.9. The zero-order valence-electron chi connectivity index (χ0n) is 28.4. The first-order valence-electron chi connectivity index (χ1n) is 17.1. The predicted molar refractivity (Wildman–Crippen MR) is 189 cm³/mol. The lowest BCUT2D eigenvalue weighted by Crippen LogP contribution is -2.53. The van der Waals surface area contributed by atoms with Crippen LogP contribution in [0.1, 0.15) is 45.8 Å². The Hall–Kier alpha value is -6.23. The van der Waals surface area contributed by atoms with Gasteiger partial charge < -0.3 is 14.9 Å². The van der Waals surface area contributed by atoms with Crippen LogP contribution in [0.4, 0.5) is 11.4 Å². The van der Waals surface area contributed by atoms with Crippen LogP contribution in [0.2, 0.25) is 0 Å². The number of phenolic OH excluding ortho intramolecular Hbond substituents is 1. The smallest absolute Gasteiger partial charge is 0.335 e. The number of nitrogens with zero attached hydrogens (tertiary/aromatic N) is 2. The molecule has 8 rings (SSSR count). The number of phenols is 1. The molecule has 52 heavy (non-hydrogen) atoms. The minimum atomic E-state index is -1.56. The van der Waals surface area contributed by atoms with Gasteiger partial charge in [-0.15, -0.1) is 0 Å². The lowest BCUT2D eigenvalue weighted by molar-refractivity contribution is -0.138. The van der Waals surface area contributed by atoms with E-state index in [1.165, 1.54) is 31.4 Å². The highest BCUT2D eigenvalue weighted by Gasteiger charge is 2.70. The van der Waals surface area contributed by atoms with E-state index in [4.69, 9.17) is 4.74 Å². The SMILES string of the molecule is COc1cccc(C2C3=CCC4C(=O)N(c5cccc(C(=O)O)c5)C(=O)C4C3CC3C(=O)N(Nc4ccc(C)cc4)C(=O)C32c2ccccc2)c1O. The summed E-state index contributed by atoms with van der Waals surface area (Å²) in [5.41, 5.74) is 4.71. The molecule has 4 aromatic carbocycles. The van der Waals surface area contributed by atoms with Gasteiger partial charge in [0.05, 0.1) is 47.2 Å². The molecular weight excluding hydrogens is 662 g/mol. The van der Waals surface area contributed by atoms with E-state index in [1.54, 1.807) is 42.5 Å². The summed E-state index contributed by atoms with van der Waals surface area (Å²) in [7, 11) is 1.43. The number of aryl methyl sites for hydroxylation is 1. The van der Waals surface area contributed by atoms with Gasteiger partial charge in [-0.3, -0.25) is 29.5 Å². The molecule has 3 fully saturated rings. The van der Waals surface area contributed by atoms with Crippen LogP contribution in [0.5, 0.6) is 11.5 Å². The van der Waals surface area contributed by atoms with Gasteiger partial charge in [0.15, 0.2) is 11.5 Å². The Bertz CT molecular complexity index is 2200. The third-order valence-electron chi connectivity index (χ3n) is 11.3. The summed E-state index contributed by atoms with van der Waals surface area (Å²) in [5, 5.41) is 22.5. The minimum Gasteiger partial charge on any atom is -0.504 e. The number of carbonyl (C=O) groups is 5. The number of amides is 4. The monoisotopic (exact) mass is 697 g/mol. The van der Waals surface area contributed by atoms with Crippen molar-refractivity contribution in [1.29, 1.82) is 0 Å². The molecule has 2 saturated heterocycles. The Balaban J connectivity index is 1.32. The van der Waals surface area contributed by atoms with Gasteiger partial charge in [-0.25, -0.2) is 4.79 Å². The highest BCUT2D eigenvalue weighted by molar-refractivity contribution is 6.23. The number of imide groups is 2. The number of aromatic carboxylic acids is 1. The first-order chi connectivity index (χ1) is 25.1. The number of fused-ring (bicyclic) bond motifs is 4. The van der Waals surface area contributed by atoms with Crippen molar-refractivity contribution in [3.8, 4) is 11.5 Å². The molecule has 0 bridgehead atoms. The number of carbonyl (C=O) groups excluding carboxylic acids is 4. The molecule has 262 valence electrons. The van der Waals surface area contributed by atoms with Gasteiger partial charge in [0.25, 0.3) is 11.8 Å². The lowest BCUT2D eigenvalue weighted by atomic mass is 9.49. The summed E-state index contributed by atoms with van der Waals surface area (Å²) < 4.78 is 5.52. The van der Waals surface area contributed by atoms with E-state index in [-0.39, 0.29) is 35.6 Å².